The minimum atomic E-state index is -0.481. The maximum Gasteiger partial charge on any atom is 0.237 e. The maximum absolute atomic E-state index is 12.4. The third-order valence-electron chi connectivity index (χ3n) is 3.34. The molecule has 0 radical (unpaired) electrons. The van der Waals surface area contributed by atoms with Crippen molar-refractivity contribution in [3.8, 4) is 0 Å². The van der Waals surface area contributed by atoms with Gasteiger partial charge >= 0.3 is 0 Å². The van der Waals surface area contributed by atoms with Gasteiger partial charge in [0.2, 0.25) is 11.8 Å². The van der Waals surface area contributed by atoms with E-state index in [2.05, 4.69) is 5.32 Å². The number of nitrogens with two attached hydrogens (primary N) is 1. The Labute approximate surface area is 129 Å². The normalized spacial score (nSPS) is 18.2. The summed E-state index contributed by atoms with van der Waals surface area (Å²) in [6.45, 7) is 1.31. The molecule has 1 heterocycles. The molecule has 3 N–H and O–H groups in total. The Hall–Kier alpha value is -1.53. The highest BCUT2D eigenvalue weighted by molar-refractivity contribution is 7.99. The first-order valence-corrected chi connectivity index (χ1v) is 8.22. The lowest BCUT2D eigenvalue weighted by Gasteiger charge is -2.27. The van der Waals surface area contributed by atoms with Crippen LogP contribution < -0.4 is 11.1 Å². The third kappa shape index (κ3) is 5.40. The average Bonchev–Trinajstić information content (AvgIpc) is 2.48. The lowest BCUT2D eigenvalue weighted by Crippen LogP contribution is -2.44. The van der Waals surface area contributed by atoms with E-state index in [1.54, 1.807) is 4.90 Å². The topological polar surface area (TPSA) is 75.4 Å². The van der Waals surface area contributed by atoms with Crippen molar-refractivity contribution in [2.75, 3.05) is 24.6 Å². The molecule has 2 rings (SSSR count). The van der Waals surface area contributed by atoms with Gasteiger partial charge in [-0.05, 0) is 5.56 Å². The summed E-state index contributed by atoms with van der Waals surface area (Å²) in [5.41, 5.74) is 6.26. The summed E-state index contributed by atoms with van der Waals surface area (Å²) in [6, 6.07) is 9.82. The predicted octanol–water partition coefficient (Wildman–Crippen LogP) is 0.596. The monoisotopic (exact) mass is 307 g/mol. The van der Waals surface area contributed by atoms with Crippen molar-refractivity contribution >= 4 is 23.6 Å². The molecule has 1 aromatic rings. The van der Waals surface area contributed by atoms with Gasteiger partial charge in [0.15, 0.2) is 0 Å². The fourth-order valence-electron chi connectivity index (χ4n) is 2.31. The molecule has 1 aliphatic heterocycles. The Balaban J connectivity index is 1.97. The van der Waals surface area contributed by atoms with Crippen molar-refractivity contribution in [2.24, 2.45) is 5.73 Å². The quantitative estimate of drug-likeness (QED) is 0.807. The van der Waals surface area contributed by atoms with Crippen molar-refractivity contribution in [2.45, 2.75) is 19.0 Å². The lowest BCUT2D eigenvalue weighted by atomic mass is 10.1. The number of nitrogens with zero attached hydrogens (tertiary/aromatic N) is 1. The molecule has 1 aliphatic rings. The van der Waals surface area contributed by atoms with Gasteiger partial charge in [-0.15, -0.1) is 0 Å². The second-order valence-corrected chi connectivity index (χ2v) is 6.28. The Bertz CT molecular complexity index is 475. The first-order chi connectivity index (χ1) is 10.1. The number of primary amides is 1. The van der Waals surface area contributed by atoms with Crippen molar-refractivity contribution in [1.82, 2.24) is 10.2 Å². The van der Waals surface area contributed by atoms with Crippen molar-refractivity contribution < 1.29 is 9.59 Å². The molecule has 1 unspecified atom stereocenters. The van der Waals surface area contributed by atoms with Crippen LogP contribution in [0.5, 0.6) is 0 Å². The molecule has 2 amide bonds. The van der Waals surface area contributed by atoms with Gasteiger partial charge in [-0.1, -0.05) is 30.3 Å². The summed E-state index contributed by atoms with van der Waals surface area (Å²) in [6.07, 6.45) is 0.410. The summed E-state index contributed by atoms with van der Waals surface area (Å²) in [5.74, 6) is 1.50. The number of amides is 2. The molecule has 1 fully saturated rings. The van der Waals surface area contributed by atoms with E-state index in [1.165, 1.54) is 0 Å². The largest absolute Gasteiger partial charge is 0.368 e. The van der Waals surface area contributed by atoms with Gasteiger partial charge < -0.3 is 16.0 Å². The molecule has 21 heavy (non-hydrogen) atoms. The SMILES string of the molecule is NC(=O)CN(Cc1ccccc1)C(=O)CC1CSCCN1. The number of thioether (sulfide) groups is 1. The first-order valence-electron chi connectivity index (χ1n) is 7.06. The Kier molecular flexibility index (Phi) is 6.07. The lowest BCUT2D eigenvalue weighted by molar-refractivity contribution is -0.136. The van der Waals surface area contributed by atoms with Crippen LogP contribution in [-0.4, -0.2) is 47.4 Å². The highest BCUT2D eigenvalue weighted by Gasteiger charge is 2.22. The van der Waals surface area contributed by atoms with Crippen LogP contribution >= 0.6 is 11.8 Å². The summed E-state index contributed by atoms with van der Waals surface area (Å²) < 4.78 is 0. The zero-order valence-electron chi connectivity index (χ0n) is 12.0. The molecule has 1 aromatic carbocycles. The van der Waals surface area contributed by atoms with Gasteiger partial charge in [-0.3, -0.25) is 9.59 Å². The minimum Gasteiger partial charge on any atom is -0.368 e. The van der Waals surface area contributed by atoms with Crippen LogP contribution in [0.3, 0.4) is 0 Å². The van der Waals surface area contributed by atoms with Crippen molar-refractivity contribution in [3.63, 3.8) is 0 Å². The fraction of sp³-hybridized carbons (Fsp3) is 0.467. The molecular weight excluding hydrogens is 286 g/mol. The Morgan fingerprint density at radius 3 is 2.71 bits per heavy atom. The molecule has 6 heteroatoms. The van der Waals surface area contributed by atoms with E-state index < -0.39 is 5.91 Å². The van der Waals surface area contributed by atoms with Gasteiger partial charge in [-0.25, -0.2) is 0 Å². The third-order valence-corrected chi connectivity index (χ3v) is 4.47. The van der Waals surface area contributed by atoms with Crippen LogP contribution in [0, 0.1) is 0 Å². The van der Waals surface area contributed by atoms with E-state index in [0.717, 1.165) is 23.6 Å². The summed E-state index contributed by atoms with van der Waals surface area (Å²) in [7, 11) is 0. The number of hydrogen-bond acceptors (Lipinski definition) is 4. The highest BCUT2D eigenvalue weighted by atomic mass is 32.2. The van der Waals surface area contributed by atoms with Crippen molar-refractivity contribution in [1.29, 1.82) is 0 Å². The number of carbonyl (C=O) groups is 2. The first kappa shape index (κ1) is 15.9. The van der Waals surface area contributed by atoms with Crippen LogP contribution in [-0.2, 0) is 16.1 Å². The second-order valence-electron chi connectivity index (χ2n) is 5.13. The molecule has 0 aliphatic carbocycles. The average molecular weight is 307 g/mol. The number of hydrogen-bond donors (Lipinski definition) is 2. The highest BCUT2D eigenvalue weighted by Crippen LogP contribution is 2.13. The van der Waals surface area contributed by atoms with Crippen LogP contribution in [0.15, 0.2) is 30.3 Å². The van der Waals surface area contributed by atoms with E-state index in [9.17, 15) is 9.59 Å². The van der Waals surface area contributed by atoms with Gasteiger partial charge in [0.05, 0.1) is 6.54 Å². The Morgan fingerprint density at radius 1 is 1.33 bits per heavy atom. The number of benzene rings is 1. The fourth-order valence-corrected chi connectivity index (χ4v) is 3.26. The van der Waals surface area contributed by atoms with Crippen LogP contribution in [0.2, 0.25) is 0 Å². The molecule has 1 atom stereocenters. The number of nitrogens with one attached hydrogen (secondary N) is 1. The van der Waals surface area contributed by atoms with E-state index in [-0.39, 0.29) is 18.5 Å². The second kappa shape index (κ2) is 8.05. The standard InChI is InChI=1S/C15H21N3O2S/c16-14(19)10-18(9-12-4-2-1-3-5-12)15(20)8-13-11-21-7-6-17-13/h1-5,13,17H,6-11H2,(H2,16,19). The summed E-state index contributed by atoms with van der Waals surface area (Å²) in [5, 5.41) is 3.34. The van der Waals surface area contributed by atoms with Crippen LogP contribution in [0.4, 0.5) is 0 Å². The van der Waals surface area contributed by atoms with Gasteiger partial charge in [0, 0.05) is 37.1 Å². The minimum absolute atomic E-state index is 0.0300. The zero-order valence-corrected chi connectivity index (χ0v) is 12.8. The van der Waals surface area contributed by atoms with E-state index in [0.29, 0.717) is 13.0 Å². The van der Waals surface area contributed by atoms with E-state index in [4.69, 9.17) is 5.73 Å². The zero-order chi connectivity index (χ0) is 15.1. The van der Waals surface area contributed by atoms with Gasteiger partial charge in [0.25, 0.3) is 0 Å². The number of carbonyl (C=O) groups excluding carboxylic acids is 2. The molecule has 0 aromatic heterocycles. The molecule has 114 valence electrons. The van der Waals surface area contributed by atoms with E-state index in [1.807, 2.05) is 42.1 Å². The predicted molar refractivity (Wildman–Crippen MR) is 84.8 cm³/mol. The van der Waals surface area contributed by atoms with Gasteiger partial charge in [0.1, 0.15) is 0 Å². The number of rotatable bonds is 6. The molecular formula is C15H21N3O2S. The molecule has 0 spiro atoms. The van der Waals surface area contributed by atoms with E-state index >= 15 is 0 Å². The molecule has 0 saturated carbocycles. The van der Waals surface area contributed by atoms with Crippen LogP contribution in [0.25, 0.3) is 0 Å². The smallest absolute Gasteiger partial charge is 0.237 e. The van der Waals surface area contributed by atoms with Gasteiger partial charge in [-0.2, -0.15) is 11.8 Å². The molecule has 5 nitrogen and oxygen atoms in total. The summed E-state index contributed by atoms with van der Waals surface area (Å²) >= 11 is 1.85. The maximum atomic E-state index is 12.4. The molecule has 0 bridgehead atoms. The Morgan fingerprint density at radius 2 is 2.10 bits per heavy atom. The van der Waals surface area contributed by atoms with Crippen molar-refractivity contribution in [3.05, 3.63) is 35.9 Å². The molecule has 1 saturated heterocycles. The summed E-state index contributed by atoms with van der Waals surface area (Å²) in [4.78, 5) is 25.2. The van der Waals surface area contributed by atoms with Crippen LogP contribution in [0.1, 0.15) is 12.0 Å².